The number of amides is 2. The molecule has 2 aromatic rings. The molecular weight excluding hydrogens is 314 g/mol. The van der Waals surface area contributed by atoms with Gasteiger partial charge in [0.05, 0.1) is 0 Å². The van der Waals surface area contributed by atoms with Gasteiger partial charge in [-0.1, -0.05) is 29.8 Å². The second-order valence-electron chi connectivity index (χ2n) is 6.76. The second-order valence-corrected chi connectivity index (χ2v) is 6.76. The largest absolute Gasteiger partial charge is 0.508 e. The third kappa shape index (κ3) is 5.22. The van der Waals surface area contributed by atoms with Crippen molar-refractivity contribution in [1.82, 2.24) is 10.2 Å². The van der Waals surface area contributed by atoms with Crippen molar-refractivity contribution in [3.63, 3.8) is 0 Å². The third-order valence-corrected chi connectivity index (χ3v) is 4.55. The van der Waals surface area contributed by atoms with Gasteiger partial charge in [0.1, 0.15) is 5.75 Å². The van der Waals surface area contributed by atoms with E-state index in [-0.39, 0.29) is 6.03 Å². The highest BCUT2D eigenvalue weighted by Gasteiger charge is 2.22. The molecule has 25 heavy (non-hydrogen) atoms. The van der Waals surface area contributed by atoms with Crippen LogP contribution in [0, 0.1) is 12.8 Å². The van der Waals surface area contributed by atoms with Crippen LogP contribution in [0.2, 0.25) is 0 Å². The van der Waals surface area contributed by atoms with E-state index in [4.69, 9.17) is 0 Å². The van der Waals surface area contributed by atoms with Crippen molar-refractivity contribution in [3.8, 4) is 5.75 Å². The van der Waals surface area contributed by atoms with Crippen LogP contribution >= 0.6 is 0 Å². The number of rotatable bonds is 5. The van der Waals surface area contributed by atoms with Crippen LogP contribution < -0.4 is 10.6 Å². The minimum absolute atomic E-state index is 0.157. The topological polar surface area (TPSA) is 64.6 Å². The molecule has 0 unspecified atom stereocenters. The van der Waals surface area contributed by atoms with E-state index in [1.165, 1.54) is 5.56 Å². The number of hydrogen-bond donors (Lipinski definition) is 3. The molecule has 3 rings (SSSR count). The lowest BCUT2D eigenvalue weighted by molar-refractivity contribution is 0.249. The molecule has 1 saturated heterocycles. The highest BCUT2D eigenvalue weighted by Crippen LogP contribution is 2.20. The molecule has 0 aromatic heterocycles. The highest BCUT2D eigenvalue weighted by atomic mass is 16.3. The molecule has 2 aromatic carbocycles. The minimum atomic E-state index is -0.157. The Balaban J connectivity index is 1.40. The maximum Gasteiger partial charge on any atom is 0.319 e. The number of likely N-dealkylation sites (tertiary alicyclic amines) is 1. The standard InChI is InChI=1S/C20H25N3O2/c1-15-5-7-18(8-6-15)22-20(25)21-12-17-9-10-23(14-17)13-16-3-2-4-19(24)11-16/h2-8,11,17,24H,9-10,12-14H2,1H3,(H2,21,22,25)/t17-/m0/s1. The highest BCUT2D eigenvalue weighted by molar-refractivity contribution is 5.89. The van der Waals surface area contributed by atoms with E-state index in [0.717, 1.165) is 37.3 Å². The molecule has 1 heterocycles. The van der Waals surface area contributed by atoms with Crippen LogP contribution in [0.3, 0.4) is 0 Å². The number of phenols is 1. The van der Waals surface area contributed by atoms with Crippen LogP contribution in [-0.2, 0) is 6.54 Å². The lowest BCUT2D eigenvalue weighted by atomic mass is 10.1. The maximum absolute atomic E-state index is 12.0. The molecule has 5 heteroatoms. The van der Waals surface area contributed by atoms with Gasteiger partial charge in [-0.2, -0.15) is 0 Å². The van der Waals surface area contributed by atoms with E-state index in [1.807, 2.05) is 43.3 Å². The number of phenolic OH excluding ortho intramolecular Hbond substituents is 1. The fourth-order valence-corrected chi connectivity index (χ4v) is 3.19. The molecule has 0 spiro atoms. The van der Waals surface area contributed by atoms with Crippen molar-refractivity contribution >= 4 is 11.7 Å². The fraction of sp³-hybridized carbons (Fsp3) is 0.350. The van der Waals surface area contributed by atoms with Crippen LogP contribution in [0.15, 0.2) is 48.5 Å². The first-order valence-electron chi connectivity index (χ1n) is 8.70. The summed E-state index contributed by atoms with van der Waals surface area (Å²) in [4.78, 5) is 14.4. The maximum atomic E-state index is 12.0. The number of benzene rings is 2. The van der Waals surface area contributed by atoms with Gasteiger partial charge >= 0.3 is 6.03 Å². The molecule has 1 aliphatic heterocycles. The number of hydrogen-bond acceptors (Lipinski definition) is 3. The van der Waals surface area contributed by atoms with Gasteiger partial charge in [0, 0.05) is 25.3 Å². The number of urea groups is 1. The van der Waals surface area contributed by atoms with Crippen molar-refractivity contribution in [2.24, 2.45) is 5.92 Å². The molecule has 0 aliphatic carbocycles. The van der Waals surface area contributed by atoms with Gasteiger partial charge in [-0.25, -0.2) is 4.79 Å². The number of anilines is 1. The second kappa shape index (κ2) is 8.03. The van der Waals surface area contributed by atoms with Crippen LogP contribution in [-0.4, -0.2) is 35.7 Å². The third-order valence-electron chi connectivity index (χ3n) is 4.55. The van der Waals surface area contributed by atoms with Crippen molar-refractivity contribution in [1.29, 1.82) is 0 Å². The normalized spacial score (nSPS) is 17.4. The van der Waals surface area contributed by atoms with Crippen molar-refractivity contribution in [2.45, 2.75) is 19.9 Å². The quantitative estimate of drug-likeness (QED) is 0.783. The van der Waals surface area contributed by atoms with Crippen LogP contribution in [0.1, 0.15) is 17.5 Å². The summed E-state index contributed by atoms with van der Waals surface area (Å²) in [6.45, 7) is 5.50. The Morgan fingerprint density at radius 3 is 2.80 bits per heavy atom. The molecule has 1 aliphatic rings. The van der Waals surface area contributed by atoms with E-state index < -0.39 is 0 Å². The van der Waals surface area contributed by atoms with E-state index >= 15 is 0 Å². The summed E-state index contributed by atoms with van der Waals surface area (Å²) in [5.41, 5.74) is 3.09. The van der Waals surface area contributed by atoms with Gasteiger partial charge in [-0.3, -0.25) is 4.90 Å². The minimum Gasteiger partial charge on any atom is -0.508 e. The van der Waals surface area contributed by atoms with Crippen molar-refractivity contribution in [3.05, 3.63) is 59.7 Å². The molecule has 1 fully saturated rings. The smallest absolute Gasteiger partial charge is 0.319 e. The van der Waals surface area contributed by atoms with Gasteiger partial charge in [0.15, 0.2) is 0 Å². The summed E-state index contributed by atoms with van der Waals surface area (Å²) in [5, 5.41) is 15.4. The molecule has 0 saturated carbocycles. The molecule has 3 N–H and O–H groups in total. The van der Waals surface area contributed by atoms with Gasteiger partial charge in [0.25, 0.3) is 0 Å². The average molecular weight is 339 g/mol. The summed E-state index contributed by atoms with van der Waals surface area (Å²) >= 11 is 0. The first kappa shape index (κ1) is 17.3. The number of nitrogens with zero attached hydrogens (tertiary/aromatic N) is 1. The van der Waals surface area contributed by atoms with Crippen molar-refractivity contribution < 1.29 is 9.90 Å². The molecule has 0 bridgehead atoms. The lowest BCUT2D eigenvalue weighted by Gasteiger charge is -2.16. The first-order valence-corrected chi connectivity index (χ1v) is 8.70. The first-order chi connectivity index (χ1) is 12.1. The molecule has 5 nitrogen and oxygen atoms in total. The number of aryl methyl sites for hydroxylation is 1. The number of aromatic hydroxyl groups is 1. The molecule has 132 valence electrons. The van der Waals surface area contributed by atoms with Gasteiger partial charge in [-0.15, -0.1) is 0 Å². The monoisotopic (exact) mass is 339 g/mol. The molecule has 1 atom stereocenters. The number of carbonyl (C=O) groups is 1. The van der Waals surface area contributed by atoms with Crippen LogP contribution in [0.5, 0.6) is 5.75 Å². The van der Waals surface area contributed by atoms with E-state index in [2.05, 4.69) is 15.5 Å². The number of nitrogens with one attached hydrogen (secondary N) is 2. The lowest BCUT2D eigenvalue weighted by Crippen LogP contribution is -2.34. The van der Waals surface area contributed by atoms with Gasteiger partial charge < -0.3 is 15.7 Å². The zero-order chi connectivity index (χ0) is 17.6. The van der Waals surface area contributed by atoms with Gasteiger partial charge in [0.2, 0.25) is 0 Å². The Labute approximate surface area is 148 Å². The summed E-state index contributed by atoms with van der Waals surface area (Å²) in [6, 6.07) is 15.0. The SMILES string of the molecule is Cc1ccc(NC(=O)NC[C@@H]2CCN(Cc3cccc(O)c3)C2)cc1. The van der Waals surface area contributed by atoms with E-state index in [0.29, 0.717) is 18.2 Å². The van der Waals surface area contributed by atoms with Gasteiger partial charge in [-0.05, 0) is 55.6 Å². The van der Waals surface area contributed by atoms with E-state index in [1.54, 1.807) is 12.1 Å². The average Bonchev–Trinajstić information content (AvgIpc) is 3.03. The number of carbonyl (C=O) groups excluding carboxylic acids is 1. The predicted octanol–water partition coefficient (Wildman–Crippen LogP) is 3.34. The Hall–Kier alpha value is -2.53. The zero-order valence-corrected chi connectivity index (χ0v) is 14.5. The van der Waals surface area contributed by atoms with Crippen LogP contribution in [0.4, 0.5) is 10.5 Å². The summed E-state index contributed by atoms with van der Waals surface area (Å²) in [5.74, 6) is 0.767. The Bertz CT molecular complexity index is 715. The Morgan fingerprint density at radius 2 is 2.04 bits per heavy atom. The zero-order valence-electron chi connectivity index (χ0n) is 14.5. The fourth-order valence-electron chi connectivity index (χ4n) is 3.19. The Morgan fingerprint density at radius 1 is 1.24 bits per heavy atom. The summed E-state index contributed by atoms with van der Waals surface area (Å²) < 4.78 is 0. The molecule has 0 radical (unpaired) electrons. The van der Waals surface area contributed by atoms with Crippen LogP contribution in [0.25, 0.3) is 0 Å². The summed E-state index contributed by atoms with van der Waals surface area (Å²) in [7, 11) is 0. The summed E-state index contributed by atoms with van der Waals surface area (Å²) in [6.07, 6.45) is 1.07. The van der Waals surface area contributed by atoms with Crippen molar-refractivity contribution in [2.75, 3.05) is 25.0 Å². The van der Waals surface area contributed by atoms with E-state index in [9.17, 15) is 9.90 Å². The predicted molar refractivity (Wildman–Crippen MR) is 99.7 cm³/mol. The molecular formula is C20H25N3O2. The Kier molecular flexibility index (Phi) is 5.56. The molecule has 2 amide bonds.